The summed E-state index contributed by atoms with van der Waals surface area (Å²) in [6.45, 7) is 0. The minimum atomic E-state index is -4.50. The Kier molecular flexibility index (Phi) is 6.08. The summed E-state index contributed by atoms with van der Waals surface area (Å²) in [6, 6.07) is 9.77. The van der Waals surface area contributed by atoms with Gasteiger partial charge in [0.1, 0.15) is 18.0 Å². The average molecular weight is 501 g/mol. The number of carboxylic acids is 2. The summed E-state index contributed by atoms with van der Waals surface area (Å²) >= 11 is 0. The van der Waals surface area contributed by atoms with Crippen molar-refractivity contribution in [3.63, 3.8) is 0 Å². The molecule has 4 N–H and O–H groups in total. The number of nitrogen functional groups attached to an aromatic ring is 1. The molecule has 13 heteroatoms. The Bertz CT molecular complexity index is 1410. The minimum absolute atomic E-state index is 0.297. The van der Waals surface area contributed by atoms with Gasteiger partial charge in [0.2, 0.25) is 6.23 Å². The highest BCUT2D eigenvalue weighted by Crippen LogP contribution is 2.57. The van der Waals surface area contributed by atoms with Crippen LogP contribution < -0.4 is 21.6 Å². The molecule has 4 unspecified atom stereocenters. The van der Waals surface area contributed by atoms with Crippen molar-refractivity contribution in [2.75, 3.05) is 5.73 Å². The van der Waals surface area contributed by atoms with Gasteiger partial charge in [-0.25, -0.2) is 4.79 Å². The molecule has 1 saturated heterocycles. The molecule has 2 aromatic carbocycles. The number of carbonyl (C=O) groups excluding carboxylic acids is 2. The van der Waals surface area contributed by atoms with Crippen molar-refractivity contribution in [3.05, 3.63) is 93.5 Å². The van der Waals surface area contributed by atoms with Crippen molar-refractivity contribution in [2.24, 2.45) is 0 Å². The predicted octanol–water partition coefficient (Wildman–Crippen LogP) is -1.29. The van der Waals surface area contributed by atoms with Crippen LogP contribution in [0.5, 0.6) is 0 Å². The summed E-state index contributed by atoms with van der Waals surface area (Å²) < 4.78 is 37.8. The highest BCUT2D eigenvalue weighted by atomic mass is 19.3. The van der Waals surface area contributed by atoms with E-state index in [9.17, 15) is 34.8 Å². The van der Waals surface area contributed by atoms with Gasteiger partial charge in [0.25, 0.3) is 0 Å². The zero-order valence-electron chi connectivity index (χ0n) is 18.1. The second-order valence-electron chi connectivity index (χ2n) is 7.99. The van der Waals surface area contributed by atoms with Gasteiger partial charge in [-0.05, 0) is 11.6 Å². The Morgan fingerprint density at radius 1 is 1.06 bits per heavy atom. The Labute approximate surface area is 200 Å². The van der Waals surface area contributed by atoms with E-state index in [1.807, 2.05) is 0 Å². The molecule has 1 aliphatic rings. The van der Waals surface area contributed by atoms with Crippen LogP contribution in [0.15, 0.2) is 65.6 Å². The first-order valence-electron chi connectivity index (χ1n) is 10.3. The number of aromatic carboxylic acids is 2. The minimum Gasteiger partial charge on any atom is -0.545 e. The highest BCUT2D eigenvalue weighted by molar-refractivity contribution is 5.89. The maximum absolute atomic E-state index is 16.1. The van der Waals surface area contributed by atoms with Gasteiger partial charge in [-0.3, -0.25) is 4.57 Å². The number of hydrogen-bond acceptors (Lipinski definition) is 10. The number of hydrogen-bond donors (Lipinski definition) is 3. The van der Waals surface area contributed by atoms with E-state index in [1.54, 1.807) is 0 Å². The summed E-state index contributed by atoms with van der Waals surface area (Å²) in [4.78, 5) is 39.0. The number of aromatic nitrogens is 2. The standard InChI is InChI=1S/C23H19F2N3O8/c24-23(25)20(28-10-9-15(26)27-21(28)34)36-17(16(29)11-5-1-2-6-12(11)18(30)31)22(23,35)14-8-4-3-7-13(14)19(32)33/h1-10,16-17,20,29,35H,(H,30,31)(H,32,33)(H2,26,27,34)/p-2. The fraction of sp³-hybridized carbons (Fsp3) is 0.217. The molecular formula is C23H17F2N3O8-2. The fourth-order valence-electron chi connectivity index (χ4n) is 4.28. The van der Waals surface area contributed by atoms with E-state index in [4.69, 9.17) is 10.5 Å². The smallest absolute Gasteiger partial charge is 0.351 e. The van der Waals surface area contributed by atoms with Crippen molar-refractivity contribution in [3.8, 4) is 0 Å². The molecule has 0 spiro atoms. The molecule has 3 aromatic rings. The molecule has 0 aliphatic carbocycles. The van der Waals surface area contributed by atoms with E-state index >= 15 is 8.78 Å². The second kappa shape index (κ2) is 8.78. The van der Waals surface area contributed by atoms with Crippen LogP contribution in [0.25, 0.3) is 0 Å². The summed E-state index contributed by atoms with van der Waals surface area (Å²) in [5.74, 6) is -8.48. The monoisotopic (exact) mass is 501 g/mol. The number of alkyl halides is 2. The number of ether oxygens (including phenoxy) is 1. The molecule has 0 amide bonds. The van der Waals surface area contributed by atoms with Gasteiger partial charge in [0.15, 0.2) is 5.60 Å². The van der Waals surface area contributed by atoms with E-state index in [0.717, 1.165) is 42.6 Å². The first-order valence-corrected chi connectivity index (χ1v) is 10.3. The van der Waals surface area contributed by atoms with Crippen LogP contribution in [0.3, 0.4) is 0 Å². The van der Waals surface area contributed by atoms with Crippen LogP contribution in [-0.2, 0) is 10.3 Å². The van der Waals surface area contributed by atoms with Crippen molar-refractivity contribution in [1.82, 2.24) is 9.55 Å². The van der Waals surface area contributed by atoms with Crippen molar-refractivity contribution < 1.29 is 43.5 Å². The third-order valence-corrected chi connectivity index (χ3v) is 5.95. The van der Waals surface area contributed by atoms with Gasteiger partial charge in [0, 0.05) is 22.9 Å². The normalized spacial score (nSPS) is 23.8. The number of anilines is 1. The van der Waals surface area contributed by atoms with Crippen LogP contribution in [0.1, 0.15) is 44.2 Å². The van der Waals surface area contributed by atoms with E-state index in [1.165, 1.54) is 18.2 Å². The molecular weight excluding hydrogens is 484 g/mol. The van der Waals surface area contributed by atoms with Crippen molar-refractivity contribution >= 4 is 17.8 Å². The zero-order chi connectivity index (χ0) is 26.4. The average Bonchev–Trinajstić information content (AvgIpc) is 3.05. The lowest BCUT2D eigenvalue weighted by molar-refractivity contribution is -0.256. The molecule has 0 saturated carbocycles. The van der Waals surface area contributed by atoms with Gasteiger partial charge in [-0.1, -0.05) is 48.5 Å². The van der Waals surface area contributed by atoms with Crippen LogP contribution in [0, 0.1) is 0 Å². The van der Waals surface area contributed by atoms with E-state index in [-0.39, 0.29) is 5.82 Å². The topological polar surface area (TPSA) is 191 Å². The number of carboxylic acid groups (broad SMARTS) is 2. The largest absolute Gasteiger partial charge is 0.545 e. The van der Waals surface area contributed by atoms with Gasteiger partial charge >= 0.3 is 11.6 Å². The predicted molar refractivity (Wildman–Crippen MR) is 112 cm³/mol. The van der Waals surface area contributed by atoms with Crippen LogP contribution in [-0.4, -0.2) is 43.7 Å². The highest BCUT2D eigenvalue weighted by Gasteiger charge is 2.72. The first-order chi connectivity index (χ1) is 16.9. The number of aliphatic hydroxyl groups is 2. The first kappa shape index (κ1) is 24.9. The van der Waals surface area contributed by atoms with Gasteiger partial charge < -0.3 is 40.5 Å². The van der Waals surface area contributed by atoms with Gasteiger partial charge in [-0.15, -0.1) is 0 Å². The lowest BCUT2D eigenvalue weighted by Crippen LogP contribution is -2.53. The molecule has 4 rings (SSSR count). The number of carbonyl (C=O) groups is 2. The molecule has 36 heavy (non-hydrogen) atoms. The lowest BCUT2D eigenvalue weighted by atomic mass is 9.77. The number of aliphatic hydroxyl groups excluding tert-OH is 1. The molecule has 1 aliphatic heterocycles. The zero-order valence-corrected chi connectivity index (χ0v) is 18.1. The second-order valence-corrected chi connectivity index (χ2v) is 7.99. The molecule has 188 valence electrons. The summed E-state index contributed by atoms with van der Waals surface area (Å²) in [5.41, 5.74) is -2.31. The van der Waals surface area contributed by atoms with Crippen molar-refractivity contribution in [1.29, 1.82) is 0 Å². The number of benzene rings is 2. The number of nitrogens with zero attached hydrogens (tertiary/aromatic N) is 2. The number of nitrogens with two attached hydrogens (primary N) is 1. The lowest BCUT2D eigenvalue weighted by Gasteiger charge is -2.37. The third kappa shape index (κ3) is 3.69. The van der Waals surface area contributed by atoms with Crippen LogP contribution >= 0.6 is 0 Å². The Morgan fingerprint density at radius 2 is 1.64 bits per heavy atom. The summed E-state index contributed by atoms with van der Waals surface area (Å²) in [7, 11) is 0. The molecule has 4 atom stereocenters. The summed E-state index contributed by atoms with van der Waals surface area (Å²) in [6.07, 6.45) is -6.47. The molecule has 0 radical (unpaired) electrons. The third-order valence-electron chi connectivity index (χ3n) is 5.95. The number of rotatable bonds is 6. The molecule has 2 heterocycles. The summed E-state index contributed by atoms with van der Waals surface area (Å²) in [5, 5.41) is 46.0. The quantitative estimate of drug-likeness (QED) is 0.366. The van der Waals surface area contributed by atoms with E-state index in [0.29, 0.717) is 4.57 Å². The van der Waals surface area contributed by atoms with Gasteiger partial charge in [-0.2, -0.15) is 13.8 Å². The Hall–Kier alpha value is -4.20. The van der Waals surface area contributed by atoms with Gasteiger partial charge in [0.05, 0.1) is 11.9 Å². The van der Waals surface area contributed by atoms with Crippen molar-refractivity contribution in [2.45, 2.75) is 30.0 Å². The molecule has 0 bridgehead atoms. The number of halogens is 2. The fourth-order valence-corrected chi connectivity index (χ4v) is 4.28. The van der Waals surface area contributed by atoms with Crippen LogP contribution in [0.4, 0.5) is 14.6 Å². The molecule has 1 aromatic heterocycles. The maximum Gasteiger partial charge on any atom is 0.351 e. The van der Waals surface area contributed by atoms with E-state index < -0.39 is 69.8 Å². The Balaban J connectivity index is 1.99. The van der Waals surface area contributed by atoms with Crippen LogP contribution in [0.2, 0.25) is 0 Å². The maximum atomic E-state index is 16.1. The van der Waals surface area contributed by atoms with E-state index in [2.05, 4.69) is 4.98 Å². The molecule has 1 fully saturated rings. The molecule has 11 nitrogen and oxygen atoms in total. The SMILES string of the molecule is Nc1ccn(C2OC(C(O)c3ccccc3C(=O)[O-])C(O)(c3ccccc3C(=O)[O-])C2(F)F)c(=O)n1. The Morgan fingerprint density at radius 3 is 2.25 bits per heavy atom.